The number of imidazole rings is 1. The molecule has 0 atom stereocenters. The second kappa shape index (κ2) is 6.13. The molecule has 1 N–H and O–H groups in total. The van der Waals surface area contributed by atoms with E-state index in [4.69, 9.17) is 0 Å². The Balaban J connectivity index is 1.80. The van der Waals surface area contributed by atoms with Gasteiger partial charge in [-0.05, 0) is 48.2 Å². The van der Waals surface area contributed by atoms with Crippen LogP contribution in [-0.2, 0) is 6.42 Å². The summed E-state index contributed by atoms with van der Waals surface area (Å²) >= 11 is 0. The predicted molar refractivity (Wildman–Crippen MR) is 95.4 cm³/mol. The lowest BCUT2D eigenvalue weighted by atomic mass is 9.99. The van der Waals surface area contributed by atoms with Gasteiger partial charge >= 0.3 is 0 Å². The summed E-state index contributed by atoms with van der Waals surface area (Å²) in [5.74, 6) is -1.03. The van der Waals surface area contributed by atoms with Crippen molar-refractivity contribution < 1.29 is 8.78 Å². The van der Waals surface area contributed by atoms with Gasteiger partial charge in [-0.25, -0.2) is 13.8 Å². The molecular weight excluding hydrogens is 318 g/mol. The number of fused-ring (bicyclic) bond motifs is 1. The fraction of sp³-hybridized carbons (Fsp3) is 0.0952. The van der Waals surface area contributed by atoms with Crippen LogP contribution < -0.4 is 0 Å². The normalized spacial score (nSPS) is 11.2. The van der Waals surface area contributed by atoms with Gasteiger partial charge in [-0.3, -0.25) is 0 Å². The third-order valence-corrected chi connectivity index (χ3v) is 4.46. The number of nitrogens with zero attached hydrogens (tertiary/aromatic N) is 1. The molecule has 0 bridgehead atoms. The number of hydrogen-bond acceptors (Lipinski definition) is 1. The molecule has 4 heteroatoms. The van der Waals surface area contributed by atoms with Gasteiger partial charge in [0.2, 0.25) is 0 Å². The first kappa shape index (κ1) is 15.5. The Bertz CT molecular complexity index is 1030. The van der Waals surface area contributed by atoms with Gasteiger partial charge in [-0.2, -0.15) is 0 Å². The molecule has 124 valence electrons. The molecule has 1 aromatic heterocycles. The molecule has 0 aliphatic rings. The van der Waals surface area contributed by atoms with E-state index in [1.165, 1.54) is 23.8 Å². The Hall–Kier alpha value is -3.01. The number of halogens is 2. The highest BCUT2D eigenvalue weighted by Crippen LogP contribution is 2.28. The van der Waals surface area contributed by atoms with Crippen molar-refractivity contribution in [3.05, 3.63) is 89.0 Å². The van der Waals surface area contributed by atoms with Crippen molar-refractivity contribution in [1.82, 2.24) is 9.97 Å². The van der Waals surface area contributed by atoms with Gasteiger partial charge in [0.05, 0.1) is 16.6 Å². The Morgan fingerprint density at radius 3 is 2.32 bits per heavy atom. The molecule has 0 aliphatic heterocycles. The molecule has 4 aromatic rings. The second-order valence-electron chi connectivity index (χ2n) is 6.09. The van der Waals surface area contributed by atoms with Crippen molar-refractivity contribution >= 4 is 11.0 Å². The molecular formula is C21H16F2N2. The van der Waals surface area contributed by atoms with Gasteiger partial charge < -0.3 is 4.98 Å². The lowest BCUT2D eigenvalue weighted by molar-refractivity contribution is 0.588. The summed E-state index contributed by atoms with van der Waals surface area (Å²) in [6.07, 6.45) is 0.791. The molecule has 0 aliphatic carbocycles. The zero-order chi connectivity index (χ0) is 17.4. The smallest absolute Gasteiger partial charge is 0.144 e. The highest BCUT2D eigenvalue weighted by atomic mass is 19.1. The average Bonchev–Trinajstić information content (AvgIpc) is 3.03. The van der Waals surface area contributed by atoms with E-state index in [-0.39, 0.29) is 11.4 Å². The number of nitrogens with one attached hydrogen (secondary N) is 1. The molecule has 0 saturated carbocycles. The minimum atomic E-state index is -0.624. The van der Waals surface area contributed by atoms with E-state index in [2.05, 4.69) is 22.1 Å². The van der Waals surface area contributed by atoms with Gasteiger partial charge in [0.15, 0.2) is 0 Å². The first-order chi connectivity index (χ1) is 12.1. The molecule has 0 saturated heterocycles. The van der Waals surface area contributed by atoms with E-state index in [0.717, 1.165) is 28.6 Å². The van der Waals surface area contributed by atoms with Crippen LogP contribution in [0.2, 0.25) is 0 Å². The van der Waals surface area contributed by atoms with Gasteiger partial charge in [0.25, 0.3) is 0 Å². The van der Waals surface area contributed by atoms with Crippen LogP contribution in [0.4, 0.5) is 8.78 Å². The zero-order valence-corrected chi connectivity index (χ0v) is 13.7. The van der Waals surface area contributed by atoms with Gasteiger partial charge in [-0.1, -0.05) is 42.5 Å². The molecule has 4 rings (SSSR count). The molecule has 25 heavy (non-hydrogen) atoms. The molecule has 1 heterocycles. The van der Waals surface area contributed by atoms with Crippen LogP contribution in [0.25, 0.3) is 22.4 Å². The van der Waals surface area contributed by atoms with Crippen molar-refractivity contribution in [2.45, 2.75) is 13.3 Å². The number of benzene rings is 3. The van der Waals surface area contributed by atoms with Crippen LogP contribution in [-0.4, -0.2) is 9.97 Å². The molecule has 2 nitrogen and oxygen atoms in total. The average molecular weight is 334 g/mol. The number of H-pyrrole nitrogens is 1. The van der Waals surface area contributed by atoms with Crippen molar-refractivity contribution in [3.8, 4) is 11.4 Å². The SMILES string of the molecule is Cc1c(Cc2ccccc2)ccc2[nH]c(-c3c(F)cccc3F)nc12. The van der Waals surface area contributed by atoms with E-state index >= 15 is 0 Å². The Labute approximate surface area is 144 Å². The van der Waals surface area contributed by atoms with Crippen LogP contribution >= 0.6 is 0 Å². The summed E-state index contributed by atoms with van der Waals surface area (Å²) in [6.45, 7) is 1.99. The fourth-order valence-corrected chi connectivity index (χ4v) is 3.10. The van der Waals surface area contributed by atoms with Crippen LogP contribution in [0.5, 0.6) is 0 Å². The fourth-order valence-electron chi connectivity index (χ4n) is 3.10. The topological polar surface area (TPSA) is 28.7 Å². The minimum absolute atomic E-state index is 0.122. The third kappa shape index (κ3) is 2.80. The number of aromatic amines is 1. The summed E-state index contributed by atoms with van der Waals surface area (Å²) in [7, 11) is 0. The monoisotopic (exact) mass is 334 g/mol. The molecule has 0 fully saturated rings. The van der Waals surface area contributed by atoms with Gasteiger partial charge in [0, 0.05) is 0 Å². The van der Waals surface area contributed by atoms with Gasteiger partial charge in [-0.15, -0.1) is 0 Å². The number of rotatable bonds is 3. The maximum absolute atomic E-state index is 14.0. The van der Waals surface area contributed by atoms with E-state index in [0.29, 0.717) is 0 Å². The van der Waals surface area contributed by atoms with Crippen molar-refractivity contribution in [2.75, 3.05) is 0 Å². The number of hydrogen-bond donors (Lipinski definition) is 1. The summed E-state index contributed by atoms with van der Waals surface area (Å²) in [6, 6.07) is 17.9. The van der Waals surface area contributed by atoms with E-state index in [1.54, 1.807) is 0 Å². The summed E-state index contributed by atoms with van der Waals surface area (Å²) in [5, 5.41) is 0. The first-order valence-electron chi connectivity index (χ1n) is 8.10. The maximum Gasteiger partial charge on any atom is 0.144 e. The van der Waals surface area contributed by atoms with Gasteiger partial charge in [0.1, 0.15) is 17.5 Å². The highest BCUT2D eigenvalue weighted by molar-refractivity contribution is 5.83. The summed E-state index contributed by atoms with van der Waals surface area (Å²) < 4.78 is 28.1. The molecule has 0 amide bonds. The summed E-state index contributed by atoms with van der Waals surface area (Å²) in [5.41, 5.74) is 4.76. The molecule has 0 spiro atoms. The molecule has 0 radical (unpaired) electrons. The zero-order valence-electron chi connectivity index (χ0n) is 13.7. The largest absolute Gasteiger partial charge is 0.338 e. The van der Waals surface area contributed by atoms with Crippen LogP contribution in [0, 0.1) is 18.6 Å². The van der Waals surface area contributed by atoms with Crippen molar-refractivity contribution in [2.24, 2.45) is 0 Å². The van der Waals surface area contributed by atoms with Crippen LogP contribution in [0.3, 0.4) is 0 Å². The Kier molecular flexibility index (Phi) is 3.80. The lowest BCUT2D eigenvalue weighted by Gasteiger charge is -2.06. The van der Waals surface area contributed by atoms with Crippen LogP contribution in [0.1, 0.15) is 16.7 Å². The second-order valence-corrected chi connectivity index (χ2v) is 6.09. The minimum Gasteiger partial charge on any atom is -0.338 e. The van der Waals surface area contributed by atoms with Crippen molar-refractivity contribution in [1.29, 1.82) is 0 Å². The lowest BCUT2D eigenvalue weighted by Crippen LogP contribution is -1.93. The number of aromatic nitrogens is 2. The van der Waals surface area contributed by atoms with E-state index < -0.39 is 11.6 Å². The molecule has 3 aromatic carbocycles. The third-order valence-electron chi connectivity index (χ3n) is 4.46. The standard InChI is InChI=1S/C21H16F2N2/c1-13-15(12-14-6-3-2-4-7-14)10-11-18-20(13)25-21(24-18)19-16(22)8-5-9-17(19)23/h2-11H,12H2,1H3,(H,24,25). The van der Waals surface area contributed by atoms with Crippen LogP contribution in [0.15, 0.2) is 60.7 Å². The van der Waals surface area contributed by atoms with Crippen molar-refractivity contribution in [3.63, 3.8) is 0 Å². The number of aryl methyl sites for hydroxylation is 1. The maximum atomic E-state index is 14.0. The van der Waals surface area contributed by atoms with E-state index in [1.807, 2.05) is 37.3 Å². The summed E-state index contributed by atoms with van der Waals surface area (Å²) in [4.78, 5) is 7.51. The first-order valence-corrected chi connectivity index (χ1v) is 8.10. The Morgan fingerprint density at radius 1 is 0.880 bits per heavy atom. The molecule has 0 unspecified atom stereocenters. The Morgan fingerprint density at radius 2 is 1.60 bits per heavy atom. The predicted octanol–water partition coefficient (Wildman–Crippen LogP) is 5.41. The quantitative estimate of drug-likeness (QED) is 0.533. The highest BCUT2D eigenvalue weighted by Gasteiger charge is 2.16. The van der Waals surface area contributed by atoms with E-state index in [9.17, 15) is 8.78 Å².